The number of hydrogen-bond donors (Lipinski definition) is 1. The minimum absolute atomic E-state index is 0.0487. The van der Waals surface area contributed by atoms with Crippen LogP contribution < -0.4 is 9.64 Å². The third-order valence-corrected chi connectivity index (χ3v) is 4.90. The molecule has 6 nitrogen and oxygen atoms in total. The number of aromatic amines is 1. The highest BCUT2D eigenvalue weighted by Gasteiger charge is 2.24. The van der Waals surface area contributed by atoms with Crippen molar-refractivity contribution in [1.29, 1.82) is 0 Å². The standard InChI is InChI=1S/C20H22N4O2/c1-14-7-8-15(13-18(14)26-2)19(25)23-9-11-24(12-10-23)20-21-16-5-3-4-6-17(16)22-20/h3-8,13H,9-12H2,1-2H3,(H,21,22). The molecule has 134 valence electrons. The van der Waals surface area contributed by atoms with Gasteiger partial charge in [-0.3, -0.25) is 4.79 Å². The number of anilines is 1. The Morgan fingerprint density at radius 3 is 2.62 bits per heavy atom. The number of para-hydroxylation sites is 2. The van der Waals surface area contributed by atoms with E-state index >= 15 is 0 Å². The molecule has 1 fully saturated rings. The van der Waals surface area contributed by atoms with Gasteiger partial charge in [-0.15, -0.1) is 0 Å². The van der Waals surface area contributed by atoms with E-state index in [0.29, 0.717) is 18.7 Å². The molecule has 0 radical (unpaired) electrons. The fraction of sp³-hybridized carbons (Fsp3) is 0.300. The van der Waals surface area contributed by atoms with E-state index in [9.17, 15) is 4.79 Å². The fourth-order valence-corrected chi connectivity index (χ4v) is 3.35. The van der Waals surface area contributed by atoms with Gasteiger partial charge in [0, 0.05) is 31.7 Å². The zero-order valence-electron chi connectivity index (χ0n) is 15.0. The summed E-state index contributed by atoms with van der Waals surface area (Å²) in [5.41, 5.74) is 3.70. The Labute approximate surface area is 152 Å². The van der Waals surface area contributed by atoms with Gasteiger partial charge in [-0.05, 0) is 36.8 Å². The number of imidazole rings is 1. The summed E-state index contributed by atoms with van der Waals surface area (Å²) in [5.74, 6) is 1.67. The summed E-state index contributed by atoms with van der Waals surface area (Å²) < 4.78 is 5.34. The first kappa shape index (κ1) is 16.4. The van der Waals surface area contributed by atoms with Gasteiger partial charge in [-0.25, -0.2) is 4.98 Å². The van der Waals surface area contributed by atoms with Crippen LogP contribution in [0.5, 0.6) is 5.75 Å². The smallest absolute Gasteiger partial charge is 0.254 e. The zero-order valence-corrected chi connectivity index (χ0v) is 15.0. The first-order chi connectivity index (χ1) is 12.7. The minimum atomic E-state index is 0.0487. The largest absolute Gasteiger partial charge is 0.496 e. The molecule has 0 unspecified atom stereocenters. The van der Waals surface area contributed by atoms with Gasteiger partial charge < -0.3 is 19.5 Å². The van der Waals surface area contributed by atoms with Crippen LogP contribution in [-0.4, -0.2) is 54.1 Å². The Bertz CT molecular complexity index is 909. The van der Waals surface area contributed by atoms with E-state index in [-0.39, 0.29) is 5.91 Å². The molecule has 1 aromatic heterocycles. The average molecular weight is 350 g/mol. The van der Waals surface area contributed by atoms with Crippen molar-refractivity contribution < 1.29 is 9.53 Å². The van der Waals surface area contributed by atoms with E-state index in [4.69, 9.17) is 4.74 Å². The number of nitrogens with zero attached hydrogens (tertiary/aromatic N) is 3. The van der Waals surface area contributed by atoms with Crippen molar-refractivity contribution >= 4 is 22.9 Å². The Balaban J connectivity index is 1.45. The highest BCUT2D eigenvalue weighted by Crippen LogP contribution is 2.22. The van der Waals surface area contributed by atoms with Crippen LogP contribution in [0, 0.1) is 6.92 Å². The molecule has 1 amide bonds. The molecule has 0 spiro atoms. The number of carbonyl (C=O) groups is 1. The number of ether oxygens (including phenoxy) is 1. The molecule has 26 heavy (non-hydrogen) atoms. The van der Waals surface area contributed by atoms with Crippen LogP contribution in [0.15, 0.2) is 42.5 Å². The number of methoxy groups -OCH3 is 1. The molecule has 4 rings (SSSR count). The molecule has 0 atom stereocenters. The number of carbonyl (C=O) groups excluding carboxylic acids is 1. The topological polar surface area (TPSA) is 61.5 Å². The third-order valence-electron chi connectivity index (χ3n) is 4.90. The predicted octanol–water partition coefficient (Wildman–Crippen LogP) is 2.84. The lowest BCUT2D eigenvalue weighted by Crippen LogP contribution is -2.49. The van der Waals surface area contributed by atoms with Crippen molar-refractivity contribution in [2.45, 2.75) is 6.92 Å². The molecular weight excluding hydrogens is 328 g/mol. The van der Waals surface area contributed by atoms with Gasteiger partial charge in [0.1, 0.15) is 5.75 Å². The Morgan fingerprint density at radius 1 is 1.12 bits per heavy atom. The van der Waals surface area contributed by atoms with E-state index in [1.165, 1.54) is 0 Å². The lowest BCUT2D eigenvalue weighted by Gasteiger charge is -2.34. The summed E-state index contributed by atoms with van der Waals surface area (Å²) in [6.07, 6.45) is 0. The van der Waals surface area contributed by atoms with Crippen molar-refractivity contribution in [3.05, 3.63) is 53.6 Å². The quantitative estimate of drug-likeness (QED) is 0.789. The molecule has 0 aliphatic carbocycles. The summed E-state index contributed by atoms with van der Waals surface area (Å²) in [6, 6.07) is 13.6. The van der Waals surface area contributed by atoms with Crippen LogP contribution in [0.25, 0.3) is 11.0 Å². The van der Waals surface area contributed by atoms with Crippen molar-refractivity contribution in [3.63, 3.8) is 0 Å². The van der Waals surface area contributed by atoms with Crippen LogP contribution in [0.1, 0.15) is 15.9 Å². The number of piperazine rings is 1. The molecule has 1 aliphatic heterocycles. The van der Waals surface area contributed by atoms with Gasteiger partial charge in [-0.1, -0.05) is 18.2 Å². The maximum Gasteiger partial charge on any atom is 0.254 e. The van der Waals surface area contributed by atoms with Gasteiger partial charge in [-0.2, -0.15) is 0 Å². The van der Waals surface area contributed by atoms with E-state index < -0.39 is 0 Å². The lowest BCUT2D eigenvalue weighted by molar-refractivity contribution is 0.0746. The summed E-state index contributed by atoms with van der Waals surface area (Å²) in [6.45, 7) is 4.83. The number of benzene rings is 2. The first-order valence-corrected chi connectivity index (χ1v) is 8.79. The van der Waals surface area contributed by atoms with Gasteiger partial charge in [0.05, 0.1) is 18.1 Å². The summed E-state index contributed by atoms with van der Waals surface area (Å²) in [4.78, 5) is 24.9. The third kappa shape index (κ3) is 2.98. The number of rotatable bonds is 3. The highest BCUT2D eigenvalue weighted by atomic mass is 16.5. The monoisotopic (exact) mass is 350 g/mol. The molecule has 1 saturated heterocycles. The predicted molar refractivity (Wildman–Crippen MR) is 102 cm³/mol. The maximum atomic E-state index is 12.8. The van der Waals surface area contributed by atoms with Crippen LogP contribution in [0.2, 0.25) is 0 Å². The second kappa shape index (κ2) is 6.71. The number of hydrogen-bond acceptors (Lipinski definition) is 4. The van der Waals surface area contributed by atoms with Crippen LogP contribution in [-0.2, 0) is 0 Å². The fourth-order valence-electron chi connectivity index (χ4n) is 3.35. The average Bonchev–Trinajstić information content (AvgIpc) is 3.12. The van der Waals surface area contributed by atoms with Gasteiger partial charge in [0.25, 0.3) is 5.91 Å². The van der Waals surface area contributed by atoms with Crippen molar-refractivity contribution in [3.8, 4) is 5.75 Å². The summed E-state index contributed by atoms with van der Waals surface area (Å²) in [7, 11) is 1.63. The van der Waals surface area contributed by atoms with Crippen molar-refractivity contribution in [1.82, 2.24) is 14.9 Å². The van der Waals surface area contributed by atoms with E-state index in [0.717, 1.165) is 41.4 Å². The number of H-pyrrole nitrogens is 1. The SMILES string of the molecule is COc1cc(C(=O)N2CCN(c3nc4ccccc4[nH]3)CC2)ccc1C. The Kier molecular flexibility index (Phi) is 4.24. The number of nitrogens with one attached hydrogen (secondary N) is 1. The number of fused-ring (bicyclic) bond motifs is 1. The molecule has 3 aromatic rings. The normalized spacial score (nSPS) is 14.7. The highest BCUT2D eigenvalue weighted by molar-refractivity contribution is 5.95. The molecule has 2 heterocycles. The second-order valence-corrected chi connectivity index (χ2v) is 6.54. The van der Waals surface area contributed by atoms with Crippen LogP contribution >= 0.6 is 0 Å². The second-order valence-electron chi connectivity index (χ2n) is 6.54. The molecule has 1 N–H and O–H groups in total. The summed E-state index contributed by atoms with van der Waals surface area (Å²) in [5, 5.41) is 0. The summed E-state index contributed by atoms with van der Waals surface area (Å²) >= 11 is 0. The number of aromatic nitrogens is 2. The van der Waals surface area contributed by atoms with E-state index in [1.807, 2.05) is 54.3 Å². The van der Waals surface area contributed by atoms with E-state index in [2.05, 4.69) is 14.9 Å². The Hall–Kier alpha value is -3.02. The lowest BCUT2D eigenvalue weighted by atomic mass is 10.1. The van der Waals surface area contributed by atoms with Crippen molar-refractivity contribution in [2.75, 3.05) is 38.2 Å². The van der Waals surface area contributed by atoms with Crippen LogP contribution in [0.4, 0.5) is 5.95 Å². The number of aryl methyl sites for hydroxylation is 1. The first-order valence-electron chi connectivity index (χ1n) is 8.79. The van der Waals surface area contributed by atoms with Gasteiger partial charge in [0.15, 0.2) is 0 Å². The molecule has 0 bridgehead atoms. The molecule has 0 saturated carbocycles. The van der Waals surface area contributed by atoms with E-state index in [1.54, 1.807) is 7.11 Å². The molecule has 2 aromatic carbocycles. The molecule has 6 heteroatoms. The van der Waals surface area contributed by atoms with Crippen molar-refractivity contribution in [2.24, 2.45) is 0 Å². The molecular formula is C20H22N4O2. The van der Waals surface area contributed by atoms with Gasteiger partial charge >= 0.3 is 0 Å². The number of amides is 1. The minimum Gasteiger partial charge on any atom is -0.496 e. The van der Waals surface area contributed by atoms with Gasteiger partial charge in [0.2, 0.25) is 5.95 Å². The molecule has 1 aliphatic rings. The van der Waals surface area contributed by atoms with Crippen LogP contribution in [0.3, 0.4) is 0 Å². The maximum absolute atomic E-state index is 12.8. The zero-order chi connectivity index (χ0) is 18.1. The Morgan fingerprint density at radius 2 is 1.88 bits per heavy atom.